The first-order valence-corrected chi connectivity index (χ1v) is 6.70. The largest absolute Gasteiger partial charge is 0.384 e. The normalized spacial score (nSPS) is 15.2. The minimum Gasteiger partial charge on any atom is -0.384 e. The van der Waals surface area contributed by atoms with Crippen LogP contribution in [0.25, 0.3) is 0 Å². The van der Waals surface area contributed by atoms with E-state index in [0.29, 0.717) is 24.3 Å². The first kappa shape index (κ1) is 13.3. The van der Waals surface area contributed by atoms with Crippen LogP contribution in [0.2, 0.25) is 0 Å². The molecule has 0 aromatic heterocycles. The van der Waals surface area contributed by atoms with Crippen molar-refractivity contribution in [3.05, 3.63) is 69.5 Å². The van der Waals surface area contributed by atoms with Crippen LogP contribution in [-0.4, -0.2) is 5.11 Å². The summed E-state index contributed by atoms with van der Waals surface area (Å²) >= 11 is 0. The van der Waals surface area contributed by atoms with Crippen molar-refractivity contribution in [2.75, 3.05) is 0 Å². The van der Waals surface area contributed by atoms with Gasteiger partial charge in [0.05, 0.1) is 13.2 Å². The van der Waals surface area contributed by atoms with E-state index in [0.717, 1.165) is 22.3 Å². The first-order chi connectivity index (χ1) is 9.56. The molecule has 1 aliphatic rings. The third kappa shape index (κ3) is 2.23. The molecule has 0 spiro atoms. The first-order valence-electron chi connectivity index (χ1n) is 6.70. The Morgan fingerprint density at radius 2 is 1.85 bits per heavy atom. The number of hydrogen-bond acceptors (Lipinski definition) is 2. The lowest BCUT2D eigenvalue weighted by molar-refractivity contribution is 0.134. The number of rotatable bonds is 2. The molecule has 0 radical (unpaired) electrons. The van der Waals surface area contributed by atoms with Gasteiger partial charge in [0.1, 0.15) is 11.9 Å². The zero-order valence-corrected chi connectivity index (χ0v) is 11.6. The Kier molecular flexibility index (Phi) is 3.32. The standard InChI is InChI=1S/C17H17FO2/c1-10-5-11(2)16(15(18)6-10)17(19)12-3-4-13-8-20-9-14(13)7-12/h3-7,17,19H,8-9H2,1-2H3. The van der Waals surface area contributed by atoms with Gasteiger partial charge in [-0.25, -0.2) is 4.39 Å². The minimum absolute atomic E-state index is 0.355. The zero-order valence-electron chi connectivity index (χ0n) is 11.6. The molecule has 0 aliphatic carbocycles. The molecule has 104 valence electrons. The molecule has 3 rings (SSSR count). The molecule has 20 heavy (non-hydrogen) atoms. The van der Waals surface area contributed by atoms with E-state index in [2.05, 4.69) is 0 Å². The fourth-order valence-electron chi connectivity index (χ4n) is 2.80. The van der Waals surface area contributed by atoms with E-state index in [1.807, 2.05) is 38.1 Å². The van der Waals surface area contributed by atoms with Gasteiger partial charge in [-0.15, -0.1) is 0 Å². The van der Waals surface area contributed by atoms with Gasteiger partial charge in [0.25, 0.3) is 0 Å². The van der Waals surface area contributed by atoms with Gasteiger partial charge in [0.15, 0.2) is 0 Å². The Labute approximate surface area is 117 Å². The van der Waals surface area contributed by atoms with Crippen LogP contribution in [0, 0.1) is 19.7 Å². The zero-order chi connectivity index (χ0) is 14.3. The second-order valence-corrected chi connectivity index (χ2v) is 5.40. The van der Waals surface area contributed by atoms with Crippen LogP contribution in [0.1, 0.15) is 39.5 Å². The van der Waals surface area contributed by atoms with Crippen LogP contribution >= 0.6 is 0 Å². The minimum atomic E-state index is -0.943. The summed E-state index contributed by atoms with van der Waals surface area (Å²) in [4.78, 5) is 0. The fourth-order valence-corrected chi connectivity index (χ4v) is 2.80. The Hall–Kier alpha value is -1.71. The Balaban J connectivity index is 2.03. The van der Waals surface area contributed by atoms with E-state index >= 15 is 0 Å². The van der Waals surface area contributed by atoms with Gasteiger partial charge in [0, 0.05) is 5.56 Å². The fraction of sp³-hybridized carbons (Fsp3) is 0.294. The molecule has 2 nitrogen and oxygen atoms in total. The number of fused-ring (bicyclic) bond motifs is 1. The van der Waals surface area contributed by atoms with E-state index < -0.39 is 6.10 Å². The van der Waals surface area contributed by atoms with Crippen LogP contribution < -0.4 is 0 Å². The van der Waals surface area contributed by atoms with Crippen LogP contribution in [0.3, 0.4) is 0 Å². The van der Waals surface area contributed by atoms with Gasteiger partial charge >= 0.3 is 0 Å². The van der Waals surface area contributed by atoms with E-state index in [9.17, 15) is 9.50 Å². The van der Waals surface area contributed by atoms with Crippen molar-refractivity contribution in [3.8, 4) is 0 Å². The summed E-state index contributed by atoms with van der Waals surface area (Å²) < 4.78 is 19.5. The summed E-state index contributed by atoms with van der Waals surface area (Å²) in [6.45, 7) is 4.85. The third-order valence-corrected chi connectivity index (χ3v) is 3.82. The van der Waals surface area contributed by atoms with E-state index in [-0.39, 0.29) is 5.82 Å². The highest BCUT2D eigenvalue weighted by Gasteiger charge is 2.20. The summed E-state index contributed by atoms with van der Waals surface area (Å²) in [5.74, 6) is -0.355. The maximum absolute atomic E-state index is 14.1. The highest BCUT2D eigenvalue weighted by Crippen LogP contribution is 2.31. The van der Waals surface area contributed by atoms with Crippen molar-refractivity contribution in [3.63, 3.8) is 0 Å². The second kappa shape index (κ2) is 5.00. The van der Waals surface area contributed by atoms with E-state index in [1.165, 1.54) is 6.07 Å². The van der Waals surface area contributed by atoms with Gasteiger partial charge < -0.3 is 9.84 Å². The Morgan fingerprint density at radius 1 is 1.10 bits per heavy atom. The molecule has 1 unspecified atom stereocenters. The molecule has 1 atom stereocenters. The molecule has 0 amide bonds. The average Bonchev–Trinajstić information content (AvgIpc) is 2.84. The summed E-state index contributed by atoms with van der Waals surface area (Å²) in [7, 11) is 0. The maximum Gasteiger partial charge on any atom is 0.129 e. The predicted molar refractivity (Wildman–Crippen MR) is 74.9 cm³/mol. The molecular formula is C17H17FO2. The molecule has 0 bridgehead atoms. The molecule has 1 N–H and O–H groups in total. The van der Waals surface area contributed by atoms with Gasteiger partial charge in [-0.2, -0.15) is 0 Å². The second-order valence-electron chi connectivity index (χ2n) is 5.40. The molecule has 0 fully saturated rings. The van der Waals surface area contributed by atoms with E-state index in [1.54, 1.807) is 0 Å². The van der Waals surface area contributed by atoms with E-state index in [4.69, 9.17) is 4.74 Å². The monoisotopic (exact) mass is 272 g/mol. The topological polar surface area (TPSA) is 29.5 Å². The highest BCUT2D eigenvalue weighted by atomic mass is 19.1. The van der Waals surface area contributed by atoms with Crippen molar-refractivity contribution in [2.45, 2.75) is 33.2 Å². The molecule has 1 heterocycles. The van der Waals surface area contributed by atoms with Crippen molar-refractivity contribution >= 4 is 0 Å². The number of halogens is 1. The van der Waals surface area contributed by atoms with Gasteiger partial charge in [-0.3, -0.25) is 0 Å². The predicted octanol–water partition coefficient (Wildman–Crippen LogP) is 3.55. The SMILES string of the molecule is Cc1cc(C)c(C(O)c2ccc3c(c2)COC3)c(F)c1. The molecule has 3 heteroatoms. The van der Waals surface area contributed by atoms with Crippen molar-refractivity contribution in [1.29, 1.82) is 0 Å². The molecule has 2 aromatic rings. The van der Waals surface area contributed by atoms with Crippen molar-refractivity contribution < 1.29 is 14.2 Å². The summed E-state index contributed by atoms with van der Waals surface area (Å²) in [6.07, 6.45) is -0.943. The Morgan fingerprint density at radius 3 is 2.60 bits per heavy atom. The Bertz CT molecular complexity index is 641. The lowest BCUT2D eigenvalue weighted by Crippen LogP contribution is -2.06. The van der Waals surface area contributed by atoms with Gasteiger partial charge in [-0.05, 0) is 47.7 Å². The number of ether oxygens (including phenoxy) is 1. The van der Waals surface area contributed by atoms with Crippen LogP contribution in [0.4, 0.5) is 4.39 Å². The maximum atomic E-state index is 14.1. The van der Waals surface area contributed by atoms with Gasteiger partial charge in [-0.1, -0.05) is 24.3 Å². The third-order valence-electron chi connectivity index (χ3n) is 3.82. The van der Waals surface area contributed by atoms with Crippen LogP contribution in [0.5, 0.6) is 0 Å². The lowest BCUT2D eigenvalue weighted by Gasteiger charge is -2.16. The van der Waals surface area contributed by atoms with Gasteiger partial charge in [0.2, 0.25) is 0 Å². The van der Waals surface area contributed by atoms with Crippen molar-refractivity contribution in [2.24, 2.45) is 0 Å². The summed E-state index contributed by atoms with van der Waals surface area (Å²) in [5, 5.41) is 10.5. The summed E-state index contributed by atoms with van der Waals surface area (Å²) in [6, 6.07) is 9.05. The van der Waals surface area contributed by atoms with Crippen LogP contribution in [0.15, 0.2) is 30.3 Å². The highest BCUT2D eigenvalue weighted by molar-refractivity contribution is 5.41. The number of aliphatic hydroxyl groups is 1. The number of benzene rings is 2. The smallest absolute Gasteiger partial charge is 0.129 e. The molecule has 0 saturated carbocycles. The van der Waals surface area contributed by atoms with Crippen LogP contribution in [-0.2, 0) is 18.0 Å². The molecular weight excluding hydrogens is 255 g/mol. The quantitative estimate of drug-likeness (QED) is 0.906. The number of aliphatic hydroxyl groups excluding tert-OH is 1. The average molecular weight is 272 g/mol. The lowest BCUT2D eigenvalue weighted by atomic mass is 9.94. The number of hydrogen-bond donors (Lipinski definition) is 1. The summed E-state index contributed by atoms with van der Waals surface area (Å²) in [5.41, 5.74) is 4.91. The molecule has 2 aromatic carbocycles. The molecule has 1 aliphatic heterocycles. The van der Waals surface area contributed by atoms with Crippen molar-refractivity contribution in [1.82, 2.24) is 0 Å². The number of aryl methyl sites for hydroxylation is 2. The molecule has 0 saturated heterocycles.